The Morgan fingerprint density at radius 2 is 1.15 bits per heavy atom. The molecule has 2 atom stereocenters. The maximum Gasteiger partial charge on any atom is 0.108 e. The van der Waals surface area contributed by atoms with Crippen LogP contribution in [0, 0.1) is 5.92 Å². The normalized spacial score (nSPS) is 37.3. The molecule has 0 aromatic rings. The summed E-state index contributed by atoms with van der Waals surface area (Å²) >= 11 is 0. The van der Waals surface area contributed by atoms with Crippen LogP contribution in [0.5, 0.6) is 0 Å². The van der Waals surface area contributed by atoms with Crippen molar-refractivity contribution >= 4 is 0 Å². The molecule has 0 aromatic carbocycles. The van der Waals surface area contributed by atoms with Gasteiger partial charge in [0, 0.05) is 0 Å². The number of azo groups is 1. The van der Waals surface area contributed by atoms with Gasteiger partial charge in [-0.05, 0) is 31.6 Å². The third-order valence-corrected chi connectivity index (χ3v) is 6.08. The van der Waals surface area contributed by atoms with Crippen molar-refractivity contribution < 1.29 is 0 Å². The molecule has 3 aliphatic rings. The van der Waals surface area contributed by atoms with E-state index in [1.165, 1.54) is 96.3 Å². The highest BCUT2D eigenvalue weighted by atomic mass is 15.3. The zero-order valence-electron chi connectivity index (χ0n) is 13.2. The van der Waals surface area contributed by atoms with E-state index in [1.54, 1.807) is 0 Å². The Balaban J connectivity index is 1.71. The van der Waals surface area contributed by atoms with Crippen molar-refractivity contribution in [2.45, 2.75) is 108 Å². The lowest BCUT2D eigenvalue weighted by molar-refractivity contribution is 0.113. The monoisotopic (exact) mass is 276 g/mol. The Morgan fingerprint density at radius 1 is 0.600 bits per heavy atom. The lowest BCUT2D eigenvalue weighted by atomic mass is 9.68. The highest BCUT2D eigenvalue weighted by Gasteiger charge is 2.50. The number of rotatable bonds is 1. The van der Waals surface area contributed by atoms with Gasteiger partial charge in [-0.25, -0.2) is 0 Å². The van der Waals surface area contributed by atoms with Gasteiger partial charge in [0.1, 0.15) is 5.54 Å². The molecule has 0 amide bonds. The summed E-state index contributed by atoms with van der Waals surface area (Å²) in [6, 6.07) is 0.589. The number of nitrogens with zero attached hydrogens (tertiary/aromatic N) is 2. The molecule has 1 heterocycles. The predicted octanol–water partition coefficient (Wildman–Crippen LogP) is 6.05. The van der Waals surface area contributed by atoms with E-state index in [2.05, 4.69) is 5.11 Å². The zero-order valence-corrected chi connectivity index (χ0v) is 13.2. The standard InChI is InChI=1S/C18H32N2/c1-2-5-9-13-16(12-8-4-1)18-15-11-7-3-6-10-14-17(18)19-20-18/h16-17H,1-15H2. The van der Waals surface area contributed by atoms with Crippen LogP contribution in [0.3, 0.4) is 0 Å². The number of fused-ring (bicyclic) bond motifs is 1. The van der Waals surface area contributed by atoms with Crippen LogP contribution < -0.4 is 0 Å². The summed E-state index contributed by atoms with van der Waals surface area (Å²) in [6.07, 6.45) is 21.3. The summed E-state index contributed by atoms with van der Waals surface area (Å²) in [5.74, 6) is 0.848. The van der Waals surface area contributed by atoms with Crippen LogP contribution >= 0.6 is 0 Å². The van der Waals surface area contributed by atoms with E-state index in [4.69, 9.17) is 5.11 Å². The van der Waals surface area contributed by atoms with Crippen LogP contribution in [-0.4, -0.2) is 11.6 Å². The molecular weight excluding hydrogens is 244 g/mol. The molecule has 2 heteroatoms. The van der Waals surface area contributed by atoms with Crippen molar-refractivity contribution in [3.63, 3.8) is 0 Å². The van der Waals surface area contributed by atoms with Crippen molar-refractivity contribution in [2.24, 2.45) is 16.1 Å². The molecule has 0 aromatic heterocycles. The zero-order chi connectivity index (χ0) is 13.7. The Morgan fingerprint density at radius 3 is 1.75 bits per heavy atom. The Kier molecular flexibility index (Phi) is 5.12. The molecule has 2 saturated carbocycles. The Bertz CT molecular complexity index is 315. The fraction of sp³-hybridized carbons (Fsp3) is 1.00. The molecule has 2 nitrogen and oxygen atoms in total. The van der Waals surface area contributed by atoms with E-state index >= 15 is 0 Å². The second kappa shape index (κ2) is 7.04. The predicted molar refractivity (Wildman–Crippen MR) is 84.1 cm³/mol. The Hall–Kier alpha value is -0.400. The minimum Gasteiger partial charge on any atom is -0.187 e. The Labute approximate surface area is 124 Å². The molecule has 0 bridgehead atoms. The van der Waals surface area contributed by atoms with Crippen LogP contribution in [0.2, 0.25) is 0 Å². The second-order valence-corrected chi connectivity index (χ2v) is 7.42. The van der Waals surface area contributed by atoms with Crippen molar-refractivity contribution in [3.05, 3.63) is 0 Å². The molecule has 2 fully saturated rings. The van der Waals surface area contributed by atoms with Gasteiger partial charge in [0.15, 0.2) is 0 Å². The van der Waals surface area contributed by atoms with Gasteiger partial charge in [0.2, 0.25) is 0 Å². The largest absolute Gasteiger partial charge is 0.187 e. The van der Waals surface area contributed by atoms with E-state index in [9.17, 15) is 0 Å². The van der Waals surface area contributed by atoms with E-state index < -0.39 is 0 Å². The van der Waals surface area contributed by atoms with Gasteiger partial charge >= 0.3 is 0 Å². The van der Waals surface area contributed by atoms with E-state index in [1.807, 2.05) is 0 Å². The van der Waals surface area contributed by atoms with E-state index in [-0.39, 0.29) is 5.54 Å². The van der Waals surface area contributed by atoms with Crippen molar-refractivity contribution in [1.29, 1.82) is 0 Å². The summed E-state index contributed by atoms with van der Waals surface area (Å²) in [7, 11) is 0. The highest BCUT2D eigenvalue weighted by Crippen LogP contribution is 2.47. The first-order valence-corrected chi connectivity index (χ1v) is 9.34. The molecule has 3 rings (SSSR count). The van der Waals surface area contributed by atoms with Crippen LogP contribution in [0.1, 0.15) is 96.3 Å². The van der Waals surface area contributed by atoms with Crippen molar-refractivity contribution in [2.75, 3.05) is 0 Å². The first-order chi connectivity index (χ1) is 9.92. The SMILES string of the molecule is C1CCCCC(C23CCCCCCCC2N=N3)CCC1. The third-order valence-electron chi connectivity index (χ3n) is 6.08. The van der Waals surface area contributed by atoms with Gasteiger partial charge in [-0.1, -0.05) is 70.6 Å². The first-order valence-electron chi connectivity index (χ1n) is 9.34. The molecule has 0 N–H and O–H groups in total. The minimum atomic E-state index is 0.286. The van der Waals surface area contributed by atoms with Gasteiger partial charge in [-0.2, -0.15) is 10.2 Å². The molecule has 1 aliphatic heterocycles. The maximum atomic E-state index is 4.82. The second-order valence-electron chi connectivity index (χ2n) is 7.42. The number of hydrogen-bond donors (Lipinski definition) is 0. The molecule has 0 spiro atoms. The molecule has 0 saturated heterocycles. The summed E-state index contributed by atoms with van der Waals surface area (Å²) in [4.78, 5) is 0. The van der Waals surface area contributed by atoms with Crippen molar-refractivity contribution in [1.82, 2.24) is 0 Å². The summed E-state index contributed by atoms with van der Waals surface area (Å²) in [6.45, 7) is 0. The highest BCUT2D eigenvalue weighted by molar-refractivity contribution is 5.08. The number of hydrogen-bond acceptors (Lipinski definition) is 2. The van der Waals surface area contributed by atoms with Crippen LogP contribution in [0.25, 0.3) is 0 Å². The fourth-order valence-corrected chi connectivity index (χ4v) is 4.78. The molecule has 114 valence electrons. The maximum absolute atomic E-state index is 4.82. The van der Waals surface area contributed by atoms with Gasteiger partial charge in [0.05, 0.1) is 6.04 Å². The van der Waals surface area contributed by atoms with Gasteiger partial charge in [0.25, 0.3) is 0 Å². The summed E-state index contributed by atoms with van der Waals surface area (Å²) < 4.78 is 0. The lowest BCUT2D eigenvalue weighted by Gasteiger charge is -2.46. The van der Waals surface area contributed by atoms with E-state index in [0.717, 1.165) is 5.92 Å². The van der Waals surface area contributed by atoms with Crippen LogP contribution in [-0.2, 0) is 0 Å². The molecular formula is C18H32N2. The van der Waals surface area contributed by atoms with Crippen LogP contribution in [0.4, 0.5) is 0 Å². The summed E-state index contributed by atoms with van der Waals surface area (Å²) in [5, 5.41) is 9.40. The minimum absolute atomic E-state index is 0.286. The lowest BCUT2D eigenvalue weighted by Crippen LogP contribution is -2.51. The molecule has 20 heavy (non-hydrogen) atoms. The van der Waals surface area contributed by atoms with Gasteiger partial charge in [-0.3, -0.25) is 0 Å². The smallest absolute Gasteiger partial charge is 0.108 e. The molecule has 2 unspecified atom stereocenters. The molecule has 0 radical (unpaired) electrons. The van der Waals surface area contributed by atoms with Gasteiger partial charge in [-0.15, -0.1) is 0 Å². The average Bonchev–Trinajstić information content (AvgIpc) is 2.61. The quantitative estimate of drug-likeness (QED) is 0.556. The van der Waals surface area contributed by atoms with Gasteiger partial charge < -0.3 is 0 Å². The average molecular weight is 276 g/mol. The fourth-order valence-electron chi connectivity index (χ4n) is 4.78. The topological polar surface area (TPSA) is 24.7 Å². The van der Waals surface area contributed by atoms with E-state index in [0.29, 0.717) is 6.04 Å². The molecule has 2 aliphatic carbocycles. The first kappa shape index (κ1) is 14.5. The third kappa shape index (κ3) is 3.09. The van der Waals surface area contributed by atoms with Crippen LogP contribution in [0.15, 0.2) is 10.2 Å². The summed E-state index contributed by atoms with van der Waals surface area (Å²) in [5.41, 5.74) is 0.286. The van der Waals surface area contributed by atoms with Crippen molar-refractivity contribution in [3.8, 4) is 0 Å².